The summed E-state index contributed by atoms with van der Waals surface area (Å²) in [6.45, 7) is 4.88. The van der Waals surface area contributed by atoms with E-state index in [9.17, 15) is 4.79 Å². The van der Waals surface area contributed by atoms with Gasteiger partial charge in [0.1, 0.15) is 5.84 Å². The van der Waals surface area contributed by atoms with Gasteiger partial charge in [0, 0.05) is 35.6 Å². The second-order valence-corrected chi connectivity index (χ2v) is 7.81. The Kier molecular flexibility index (Phi) is 4.34. The van der Waals surface area contributed by atoms with E-state index in [1.807, 2.05) is 35.0 Å². The van der Waals surface area contributed by atoms with Crippen molar-refractivity contribution in [2.24, 2.45) is 11.5 Å². The van der Waals surface area contributed by atoms with Crippen LogP contribution in [-0.2, 0) is 11.5 Å². The molecule has 2 heterocycles. The van der Waals surface area contributed by atoms with Crippen molar-refractivity contribution >= 4 is 23.5 Å². The number of rotatable bonds is 5. The number of primary amides is 1. The molecule has 0 spiro atoms. The first-order valence-corrected chi connectivity index (χ1v) is 8.67. The average Bonchev–Trinajstić information content (AvgIpc) is 3.14. The van der Waals surface area contributed by atoms with Gasteiger partial charge in [-0.1, -0.05) is 36.0 Å². The van der Waals surface area contributed by atoms with Gasteiger partial charge in [-0.3, -0.25) is 10.2 Å². The highest BCUT2D eigenvalue weighted by Gasteiger charge is 2.38. The summed E-state index contributed by atoms with van der Waals surface area (Å²) in [4.78, 5) is 14.4. The molecule has 0 saturated heterocycles. The molecular weight excluding hydrogens is 334 g/mol. The molecule has 6 nitrogen and oxygen atoms in total. The number of nitrogens with two attached hydrogens (primary N) is 2. The zero-order valence-electron chi connectivity index (χ0n) is 14.2. The molecular formula is C18H21N5OS. The molecule has 130 valence electrons. The van der Waals surface area contributed by atoms with Crippen LogP contribution in [-0.4, -0.2) is 21.2 Å². The van der Waals surface area contributed by atoms with Gasteiger partial charge in [-0.15, -0.1) is 0 Å². The van der Waals surface area contributed by atoms with Crippen LogP contribution < -0.4 is 11.5 Å². The van der Waals surface area contributed by atoms with E-state index in [-0.39, 0.29) is 10.8 Å². The summed E-state index contributed by atoms with van der Waals surface area (Å²) in [7, 11) is 0. The van der Waals surface area contributed by atoms with E-state index in [1.165, 1.54) is 4.91 Å². The first-order valence-electron chi connectivity index (χ1n) is 7.85. The maximum absolute atomic E-state index is 11.4. The first-order chi connectivity index (χ1) is 11.8. The molecule has 0 fully saturated rings. The van der Waals surface area contributed by atoms with Crippen LogP contribution in [0.4, 0.5) is 0 Å². The molecule has 0 saturated carbocycles. The lowest BCUT2D eigenvalue weighted by Crippen LogP contribution is -2.39. The van der Waals surface area contributed by atoms with Gasteiger partial charge in [-0.2, -0.15) is 0 Å². The number of amides is 1. The number of hydrogen-bond donors (Lipinski definition) is 3. The van der Waals surface area contributed by atoms with Gasteiger partial charge in [0.25, 0.3) is 0 Å². The van der Waals surface area contributed by atoms with E-state index in [1.54, 1.807) is 24.0 Å². The van der Waals surface area contributed by atoms with Crippen molar-refractivity contribution in [2.45, 2.75) is 25.4 Å². The summed E-state index contributed by atoms with van der Waals surface area (Å²) >= 11 is 1.73. The number of amidine groups is 1. The zero-order valence-corrected chi connectivity index (χ0v) is 15.0. The maximum Gasteiger partial charge on any atom is 0.250 e. The lowest BCUT2D eigenvalue weighted by molar-refractivity contribution is 0.0999. The molecule has 0 bridgehead atoms. The number of benzene rings is 1. The van der Waals surface area contributed by atoms with Crippen molar-refractivity contribution in [3.63, 3.8) is 0 Å². The third-order valence-electron chi connectivity index (χ3n) is 4.30. The molecule has 5 N–H and O–H groups in total. The Morgan fingerprint density at radius 3 is 2.44 bits per heavy atom. The fourth-order valence-electron chi connectivity index (χ4n) is 2.91. The van der Waals surface area contributed by atoms with Gasteiger partial charge in [-0.05, 0) is 25.5 Å². The molecule has 3 rings (SSSR count). The highest BCUT2D eigenvalue weighted by molar-refractivity contribution is 8.03. The number of carbonyl (C=O) groups is 1. The van der Waals surface area contributed by atoms with Crippen molar-refractivity contribution < 1.29 is 4.79 Å². The van der Waals surface area contributed by atoms with Crippen molar-refractivity contribution in [2.75, 3.05) is 0 Å². The normalized spacial score (nSPS) is 19.8. The van der Waals surface area contributed by atoms with Crippen LogP contribution in [0.3, 0.4) is 0 Å². The van der Waals surface area contributed by atoms with Crippen LogP contribution in [0.5, 0.6) is 0 Å². The molecule has 1 aliphatic heterocycles. The predicted molar refractivity (Wildman–Crippen MR) is 101 cm³/mol. The van der Waals surface area contributed by atoms with Gasteiger partial charge in [-0.25, -0.2) is 0 Å². The van der Waals surface area contributed by atoms with Gasteiger partial charge >= 0.3 is 0 Å². The van der Waals surface area contributed by atoms with E-state index < -0.39 is 5.91 Å². The number of carbonyl (C=O) groups excluding carboxylic acids is 1. The predicted octanol–water partition coefficient (Wildman–Crippen LogP) is 2.61. The van der Waals surface area contributed by atoms with E-state index in [4.69, 9.17) is 16.9 Å². The van der Waals surface area contributed by atoms with Gasteiger partial charge in [0.05, 0.1) is 5.56 Å². The Labute approximate surface area is 151 Å². The number of hydrogen-bond acceptors (Lipinski definition) is 4. The summed E-state index contributed by atoms with van der Waals surface area (Å²) in [6, 6.07) is 9.41. The van der Waals surface area contributed by atoms with Gasteiger partial charge in [0.15, 0.2) is 4.99 Å². The second-order valence-electron chi connectivity index (χ2n) is 6.19. The van der Waals surface area contributed by atoms with Crippen molar-refractivity contribution in [3.05, 3.63) is 70.5 Å². The van der Waals surface area contributed by atoms with Crippen molar-refractivity contribution in [3.8, 4) is 0 Å². The van der Waals surface area contributed by atoms with Crippen LogP contribution in [0, 0.1) is 5.41 Å². The molecule has 1 aliphatic rings. The Morgan fingerprint density at radius 2 is 1.88 bits per heavy atom. The molecule has 25 heavy (non-hydrogen) atoms. The summed E-state index contributed by atoms with van der Waals surface area (Å²) < 4.78 is 2.01. The molecule has 1 aromatic carbocycles. The van der Waals surface area contributed by atoms with Gasteiger partial charge in [0.2, 0.25) is 5.91 Å². The second kappa shape index (κ2) is 6.33. The minimum atomic E-state index is -0.429. The van der Waals surface area contributed by atoms with Crippen LogP contribution >= 0.6 is 11.8 Å². The topological polar surface area (TPSA) is 101 Å². The Balaban J connectivity index is 1.87. The highest BCUT2D eigenvalue weighted by Crippen LogP contribution is 2.46. The van der Waals surface area contributed by atoms with Crippen molar-refractivity contribution in [1.29, 1.82) is 5.41 Å². The van der Waals surface area contributed by atoms with Crippen LogP contribution in [0.25, 0.3) is 0 Å². The third kappa shape index (κ3) is 3.28. The average molecular weight is 355 g/mol. The standard InChI is InChI=1S/C18H21N5OS/c1-12-9-23(10-13-3-5-14(6-4-13)16(19)20)18(2,25-12)22-8-7-15(11-22)17(21)24/h3-9,11H,10H2,1-2H3,(H3,19,20)(H2,21,24). The molecule has 1 amide bonds. The minimum absolute atomic E-state index is 0.0650. The third-order valence-corrected chi connectivity index (χ3v) is 5.56. The van der Waals surface area contributed by atoms with Crippen LogP contribution in [0.1, 0.15) is 35.3 Å². The fraction of sp³-hybridized carbons (Fsp3) is 0.222. The SMILES string of the molecule is CC1=CN(Cc2ccc(C(=N)N)cc2)C(C)(n2ccc(C(N)=O)c2)S1. The molecule has 0 aliphatic carbocycles. The first kappa shape index (κ1) is 17.2. The Bertz CT molecular complexity index is 855. The lowest BCUT2D eigenvalue weighted by atomic mass is 10.1. The molecule has 2 aromatic rings. The monoisotopic (exact) mass is 355 g/mol. The lowest BCUT2D eigenvalue weighted by Gasteiger charge is -2.37. The number of allylic oxidation sites excluding steroid dienone is 1. The molecule has 7 heteroatoms. The largest absolute Gasteiger partial charge is 0.384 e. The smallest absolute Gasteiger partial charge is 0.250 e. The van der Waals surface area contributed by atoms with E-state index in [0.717, 1.165) is 5.56 Å². The molecule has 1 unspecified atom stereocenters. The number of nitrogen functional groups attached to an aromatic ring is 1. The Hall–Kier alpha value is -2.67. The quantitative estimate of drug-likeness (QED) is 0.567. The molecule has 1 aromatic heterocycles. The summed E-state index contributed by atoms with van der Waals surface area (Å²) in [6.07, 6.45) is 5.78. The molecule has 0 radical (unpaired) electrons. The highest BCUT2D eigenvalue weighted by atomic mass is 32.2. The minimum Gasteiger partial charge on any atom is -0.384 e. The maximum atomic E-state index is 11.4. The number of aromatic nitrogens is 1. The number of nitrogens with zero attached hydrogens (tertiary/aromatic N) is 2. The van der Waals surface area contributed by atoms with Gasteiger partial charge < -0.3 is 20.9 Å². The Morgan fingerprint density at radius 1 is 1.20 bits per heavy atom. The zero-order chi connectivity index (χ0) is 18.2. The van der Waals surface area contributed by atoms with E-state index in [2.05, 4.69) is 24.9 Å². The van der Waals surface area contributed by atoms with Crippen LogP contribution in [0.2, 0.25) is 0 Å². The summed E-state index contributed by atoms with van der Waals surface area (Å²) in [5.74, 6) is -0.364. The van der Waals surface area contributed by atoms with E-state index >= 15 is 0 Å². The number of thioether (sulfide) groups is 1. The molecule has 1 atom stereocenters. The van der Waals surface area contributed by atoms with E-state index in [0.29, 0.717) is 17.7 Å². The van der Waals surface area contributed by atoms with Crippen molar-refractivity contribution in [1.82, 2.24) is 9.47 Å². The summed E-state index contributed by atoms with van der Waals surface area (Å²) in [5, 5.41) is 7.48. The number of nitrogens with one attached hydrogen (secondary N) is 1. The summed E-state index contributed by atoms with van der Waals surface area (Å²) in [5.41, 5.74) is 13.2. The van der Waals surface area contributed by atoms with Crippen LogP contribution in [0.15, 0.2) is 53.8 Å². The fourth-order valence-corrected chi connectivity index (χ4v) is 4.15.